The Morgan fingerprint density at radius 1 is 1.05 bits per heavy atom. The van der Waals surface area contributed by atoms with Crippen LogP contribution in [0.3, 0.4) is 0 Å². The van der Waals surface area contributed by atoms with Crippen LogP contribution < -0.4 is 4.74 Å². The van der Waals surface area contributed by atoms with Crippen molar-refractivity contribution >= 4 is 5.78 Å². The van der Waals surface area contributed by atoms with Crippen LogP contribution in [0.15, 0.2) is 42.5 Å². The molecule has 110 valence electrons. The lowest BCUT2D eigenvalue weighted by molar-refractivity contribution is 0.103. The van der Waals surface area contributed by atoms with Crippen LogP contribution in [0.4, 0.5) is 0 Å². The molecule has 0 aromatic heterocycles. The lowest BCUT2D eigenvalue weighted by Crippen LogP contribution is -2.03. The molecule has 0 unspecified atom stereocenters. The number of hydrogen-bond donors (Lipinski definition) is 2. The van der Waals surface area contributed by atoms with E-state index in [1.165, 1.54) is 12.1 Å². The number of carbonyl (C=O) groups is 1. The van der Waals surface area contributed by atoms with Gasteiger partial charge in [-0.05, 0) is 18.6 Å². The molecule has 2 N–H and O–H groups in total. The van der Waals surface area contributed by atoms with Crippen LogP contribution in [0.25, 0.3) is 0 Å². The number of aromatic hydroxyl groups is 2. The number of phenolic OH excluding ortho intramolecular Hbond substituents is 2. The summed E-state index contributed by atoms with van der Waals surface area (Å²) in [7, 11) is 0. The maximum atomic E-state index is 12.3. The highest BCUT2D eigenvalue weighted by atomic mass is 16.5. The molecule has 0 spiro atoms. The fourth-order valence-corrected chi connectivity index (χ4v) is 1.93. The van der Waals surface area contributed by atoms with Gasteiger partial charge in [0.1, 0.15) is 0 Å². The summed E-state index contributed by atoms with van der Waals surface area (Å²) in [5.41, 5.74) is 0.508. The van der Waals surface area contributed by atoms with Gasteiger partial charge in [-0.3, -0.25) is 4.79 Å². The second kappa shape index (κ2) is 6.79. The number of ketones is 1. The third-order valence-electron chi connectivity index (χ3n) is 3.15. The average Bonchev–Trinajstić information content (AvgIpc) is 2.52. The Bertz CT molecular complexity index is 620. The van der Waals surface area contributed by atoms with Crippen molar-refractivity contribution in [1.82, 2.24) is 0 Å². The summed E-state index contributed by atoms with van der Waals surface area (Å²) in [6.07, 6.45) is 1.82. The first kappa shape index (κ1) is 14.9. The summed E-state index contributed by atoms with van der Waals surface area (Å²) in [6.45, 7) is 2.48. The number of benzene rings is 2. The third kappa shape index (κ3) is 3.34. The van der Waals surface area contributed by atoms with Crippen LogP contribution in [-0.4, -0.2) is 22.6 Å². The molecule has 0 saturated carbocycles. The van der Waals surface area contributed by atoms with E-state index in [1.807, 2.05) is 6.92 Å². The van der Waals surface area contributed by atoms with E-state index in [0.717, 1.165) is 12.8 Å². The molecule has 4 nitrogen and oxygen atoms in total. The predicted octanol–water partition coefficient (Wildman–Crippen LogP) is 3.51. The molecule has 0 aliphatic heterocycles. The summed E-state index contributed by atoms with van der Waals surface area (Å²) in [5.74, 6) is -1.00. The standard InChI is InChI=1S/C17H18O4/c1-2-3-11-21-14-10-9-13(16(19)17(14)20)15(18)12-7-5-4-6-8-12/h4-10,19-20H,2-3,11H2,1H3. The van der Waals surface area contributed by atoms with Gasteiger partial charge >= 0.3 is 0 Å². The molecule has 0 amide bonds. The molecule has 0 fully saturated rings. The van der Waals surface area contributed by atoms with Crippen LogP contribution in [0.2, 0.25) is 0 Å². The molecule has 4 heteroatoms. The van der Waals surface area contributed by atoms with Gasteiger partial charge in [-0.1, -0.05) is 43.7 Å². The Morgan fingerprint density at radius 2 is 1.76 bits per heavy atom. The zero-order valence-electron chi connectivity index (χ0n) is 11.9. The van der Waals surface area contributed by atoms with E-state index in [2.05, 4.69) is 0 Å². The summed E-state index contributed by atoms with van der Waals surface area (Å²) >= 11 is 0. The number of unbranched alkanes of at least 4 members (excludes halogenated alkanes) is 1. The number of hydrogen-bond acceptors (Lipinski definition) is 4. The molecule has 21 heavy (non-hydrogen) atoms. The summed E-state index contributed by atoms with van der Waals surface area (Å²) in [5, 5.41) is 20.0. The fraction of sp³-hybridized carbons (Fsp3) is 0.235. The van der Waals surface area contributed by atoms with E-state index < -0.39 is 11.5 Å². The molecule has 0 saturated heterocycles. The van der Waals surface area contributed by atoms with E-state index in [4.69, 9.17) is 4.74 Å². The number of carbonyl (C=O) groups excluding carboxylic acids is 1. The van der Waals surface area contributed by atoms with Gasteiger partial charge in [0.25, 0.3) is 0 Å². The van der Waals surface area contributed by atoms with Gasteiger partial charge in [-0.15, -0.1) is 0 Å². The maximum absolute atomic E-state index is 12.3. The third-order valence-corrected chi connectivity index (χ3v) is 3.15. The highest BCUT2D eigenvalue weighted by Gasteiger charge is 2.19. The quantitative estimate of drug-likeness (QED) is 0.484. The van der Waals surface area contributed by atoms with Gasteiger partial charge in [0, 0.05) is 5.56 Å². The van der Waals surface area contributed by atoms with E-state index in [-0.39, 0.29) is 17.1 Å². The molecule has 0 bridgehead atoms. The molecular formula is C17H18O4. The first-order valence-electron chi connectivity index (χ1n) is 6.92. The zero-order valence-corrected chi connectivity index (χ0v) is 11.9. The largest absolute Gasteiger partial charge is 0.504 e. The molecule has 2 aromatic carbocycles. The molecule has 0 aliphatic rings. The van der Waals surface area contributed by atoms with Crippen molar-refractivity contribution in [3.63, 3.8) is 0 Å². The lowest BCUT2D eigenvalue weighted by Gasteiger charge is -2.11. The van der Waals surface area contributed by atoms with Gasteiger partial charge in [-0.2, -0.15) is 0 Å². The first-order valence-corrected chi connectivity index (χ1v) is 6.92. The lowest BCUT2D eigenvalue weighted by atomic mass is 10.0. The first-order chi connectivity index (χ1) is 10.1. The fourth-order valence-electron chi connectivity index (χ4n) is 1.93. The van der Waals surface area contributed by atoms with E-state index >= 15 is 0 Å². The second-order valence-corrected chi connectivity index (χ2v) is 4.71. The van der Waals surface area contributed by atoms with Gasteiger partial charge < -0.3 is 14.9 Å². The minimum atomic E-state index is -0.446. The minimum absolute atomic E-state index is 0.0570. The molecule has 0 aliphatic carbocycles. The molecule has 0 radical (unpaired) electrons. The topological polar surface area (TPSA) is 66.8 Å². The highest BCUT2D eigenvalue weighted by molar-refractivity contribution is 6.11. The normalized spacial score (nSPS) is 10.3. The second-order valence-electron chi connectivity index (χ2n) is 4.71. The molecule has 2 aromatic rings. The zero-order chi connectivity index (χ0) is 15.2. The predicted molar refractivity (Wildman–Crippen MR) is 80.0 cm³/mol. The Labute approximate surface area is 123 Å². The molecule has 2 rings (SSSR count). The van der Waals surface area contributed by atoms with Gasteiger partial charge in [0.15, 0.2) is 17.3 Å². The smallest absolute Gasteiger partial charge is 0.201 e. The van der Waals surface area contributed by atoms with Gasteiger partial charge in [-0.25, -0.2) is 0 Å². The Kier molecular flexibility index (Phi) is 4.82. The summed E-state index contributed by atoms with van der Waals surface area (Å²) < 4.78 is 5.38. The summed E-state index contributed by atoms with van der Waals surface area (Å²) in [6, 6.07) is 11.6. The van der Waals surface area contributed by atoms with Crippen molar-refractivity contribution in [1.29, 1.82) is 0 Å². The van der Waals surface area contributed by atoms with Crippen LogP contribution in [0.5, 0.6) is 17.2 Å². The van der Waals surface area contributed by atoms with Gasteiger partial charge in [0.2, 0.25) is 5.75 Å². The van der Waals surface area contributed by atoms with E-state index in [0.29, 0.717) is 12.2 Å². The van der Waals surface area contributed by atoms with E-state index in [1.54, 1.807) is 30.3 Å². The average molecular weight is 286 g/mol. The van der Waals surface area contributed by atoms with Gasteiger partial charge in [0.05, 0.1) is 12.2 Å². The molecule has 0 atom stereocenters. The van der Waals surface area contributed by atoms with Crippen LogP contribution in [0.1, 0.15) is 35.7 Å². The highest BCUT2D eigenvalue weighted by Crippen LogP contribution is 2.38. The van der Waals surface area contributed by atoms with Crippen LogP contribution >= 0.6 is 0 Å². The van der Waals surface area contributed by atoms with Crippen molar-refractivity contribution in [3.8, 4) is 17.2 Å². The SMILES string of the molecule is CCCCOc1ccc(C(=O)c2ccccc2)c(O)c1O. The van der Waals surface area contributed by atoms with Crippen molar-refractivity contribution in [2.75, 3.05) is 6.61 Å². The Morgan fingerprint density at radius 3 is 2.43 bits per heavy atom. The maximum Gasteiger partial charge on any atom is 0.201 e. The molecule has 0 heterocycles. The van der Waals surface area contributed by atoms with Crippen LogP contribution in [-0.2, 0) is 0 Å². The number of rotatable bonds is 6. The van der Waals surface area contributed by atoms with Crippen molar-refractivity contribution < 1.29 is 19.7 Å². The van der Waals surface area contributed by atoms with E-state index in [9.17, 15) is 15.0 Å². The number of phenols is 2. The van der Waals surface area contributed by atoms with Crippen molar-refractivity contribution in [2.45, 2.75) is 19.8 Å². The van der Waals surface area contributed by atoms with Crippen LogP contribution in [0, 0.1) is 0 Å². The van der Waals surface area contributed by atoms with Crippen molar-refractivity contribution in [2.24, 2.45) is 0 Å². The Balaban J connectivity index is 2.26. The minimum Gasteiger partial charge on any atom is -0.504 e. The monoisotopic (exact) mass is 286 g/mol. The molecular weight excluding hydrogens is 268 g/mol. The number of ether oxygens (including phenoxy) is 1. The Hall–Kier alpha value is -2.49. The van der Waals surface area contributed by atoms with Crippen molar-refractivity contribution in [3.05, 3.63) is 53.6 Å². The summed E-state index contributed by atoms with van der Waals surface area (Å²) in [4.78, 5) is 12.3.